The van der Waals surface area contributed by atoms with Gasteiger partial charge in [0.25, 0.3) is 0 Å². The number of anilines is 2. The van der Waals surface area contributed by atoms with Gasteiger partial charge >= 0.3 is 6.03 Å². The molecule has 134 valence electrons. The SMILES string of the molecule is COc1ccc(NC(=O)Nc2ccc(-c3csc(C)n3)cc2)cc1OC. The number of rotatable bonds is 5. The molecular weight excluding hydrogens is 350 g/mol. The quantitative estimate of drug-likeness (QED) is 0.679. The van der Waals surface area contributed by atoms with Gasteiger partial charge in [0.05, 0.1) is 24.9 Å². The van der Waals surface area contributed by atoms with E-state index in [4.69, 9.17) is 9.47 Å². The first kappa shape index (κ1) is 17.8. The van der Waals surface area contributed by atoms with Crippen molar-refractivity contribution in [3.05, 3.63) is 52.9 Å². The zero-order valence-corrected chi connectivity index (χ0v) is 15.5. The minimum atomic E-state index is -0.338. The number of ether oxygens (including phenoxy) is 2. The fourth-order valence-electron chi connectivity index (χ4n) is 2.43. The Balaban J connectivity index is 1.64. The maximum atomic E-state index is 12.2. The van der Waals surface area contributed by atoms with Crippen molar-refractivity contribution in [3.8, 4) is 22.8 Å². The van der Waals surface area contributed by atoms with Crippen LogP contribution >= 0.6 is 11.3 Å². The van der Waals surface area contributed by atoms with Gasteiger partial charge in [-0.1, -0.05) is 12.1 Å². The topological polar surface area (TPSA) is 72.5 Å². The van der Waals surface area contributed by atoms with Gasteiger partial charge in [-0.25, -0.2) is 9.78 Å². The summed E-state index contributed by atoms with van der Waals surface area (Å²) >= 11 is 1.61. The zero-order chi connectivity index (χ0) is 18.5. The van der Waals surface area contributed by atoms with Crippen LogP contribution in [0, 0.1) is 6.92 Å². The van der Waals surface area contributed by atoms with Gasteiger partial charge in [0.1, 0.15) is 0 Å². The monoisotopic (exact) mass is 369 g/mol. The Kier molecular flexibility index (Phi) is 5.38. The number of urea groups is 1. The molecule has 1 aromatic heterocycles. The van der Waals surface area contributed by atoms with E-state index in [1.807, 2.05) is 36.6 Å². The van der Waals surface area contributed by atoms with Crippen LogP contribution in [0.15, 0.2) is 47.8 Å². The molecule has 6 nitrogen and oxygen atoms in total. The number of amides is 2. The molecule has 3 rings (SSSR count). The second-order valence-electron chi connectivity index (χ2n) is 5.48. The van der Waals surface area contributed by atoms with Crippen molar-refractivity contribution in [1.82, 2.24) is 4.98 Å². The van der Waals surface area contributed by atoms with Crippen LogP contribution in [0.1, 0.15) is 5.01 Å². The van der Waals surface area contributed by atoms with Crippen molar-refractivity contribution in [2.24, 2.45) is 0 Å². The van der Waals surface area contributed by atoms with E-state index < -0.39 is 0 Å². The molecule has 0 saturated heterocycles. The van der Waals surface area contributed by atoms with E-state index in [-0.39, 0.29) is 6.03 Å². The molecular formula is C19H19N3O3S. The molecule has 0 aliphatic heterocycles. The summed E-state index contributed by atoms with van der Waals surface area (Å²) in [6, 6.07) is 12.4. The van der Waals surface area contributed by atoms with Gasteiger partial charge in [-0.15, -0.1) is 11.3 Å². The first-order valence-corrected chi connectivity index (χ1v) is 8.79. The molecule has 7 heteroatoms. The molecule has 0 saturated carbocycles. The van der Waals surface area contributed by atoms with E-state index in [0.717, 1.165) is 16.3 Å². The normalized spacial score (nSPS) is 10.3. The number of aromatic nitrogens is 1. The van der Waals surface area contributed by atoms with Gasteiger partial charge in [-0.2, -0.15) is 0 Å². The van der Waals surface area contributed by atoms with Gasteiger partial charge in [0, 0.05) is 28.4 Å². The predicted molar refractivity (Wildman–Crippen MR) is 104 cm³/mol. The zero-order valence-electron chi connectivity index (χ0n) is 14.7. The van der Waals surface area contributed by atoms with Crippen LogP contribution in [0.2, 0.25) is 0 Å². The number of methoxy groups -OCH3 is 2. The van der Waals surface area contributed by atoms with Gasteiger partial charge < -0.3 is 20.1 Å². The van der Waals surface area contributed by atoms with Gasteiger partial charge in [0.2, 0.25) is 0 Å². The van der Waals surface area contributed by atoms with E-state index in [9.17, 15) is 4.79 Å². The molecule has 2 N–H and O–H groups in total. The highest BCUT2D eigenvalue weighted by Gasteiger charge is 2.08. The molecule has 26 heavy (non-hydrogen) atoms. The molecule has 1 heterocycles. The molecule has 0 bridgehead atoms. The molecule has 0 aliphatic rings. The van der Waals surface area contributed by atoms with E-state index in [1.54, 1.807) is 43.8 Å². The van der Waals surface area contributed by atoms with Crippen molar-refractivity contribution in [3.63, 3.8) is 0 Å². The highest BCUT2D eigenvalue weighted by Crippen LogP contribution is 2.30. The number of carbonyl (C=O) groups is 1. The summed E-state index contributed by atoms with van der Waals surface area (Å²) in [5.41, 5.74) is 3.25. The first-order chi connectivity index (χ1) is 12.6. The summed E-state index contributed by atoms with van der Waals surface area (Å²) in [4.78, 5) is 16.6. The highest BCUT2D eigenvalue weighted by molar-refractivity contribution is 7.09. The lowest BCUT2D eigenvalue weighted by Gasteiger charge is -2.11. The molecule has 3 aromatic rings. The Morgan fingerprint density at radius 2 is 1.62 bits per heavy atom. The van der Waals surface area contributed by atoms with Crippen molar-refractivity contribution in [1.29, 1.82) is 0 Å². The van der Waals surface area contributed by atoms with Crippen LogP contribution in [-0.2, 0) is 0 Å². The van der Waals surface area contributed by atoms with Crippen LogP contribution in [0.3, 0.4) is 0 Å². The lowest BCUT2D eigenvalue weighted by molar-refractivity contribution is 0.262. The Morgan fingerprint density at radius 1 is 0.962 bits per heavy atom. The third kappa shape index (κ3) is 4.12. The van der Waals surface area contributed by atoms with Gasteiger partial charge in [-0.3, -0.25) is 0 Å². The van der Waals surface area contributed by atoms with Crippen molar-refractivity contribution in [2.75, 3.05) is 24.9 Å². The number of hydrogen-bond acceptors (Lipinski definition) is 5. The summed E-state index contributed by atoms with van der Waals surface area (Å²) in [5, 5.41) is 8.61. The van der Waals surface area contributed by atoms with Crippen molar-refractivity contribution < 1.29 is 14.3 Å². The maximum Gasteiger partial charge on any atom is 0.323 e. The second-order valence-corrected chi connectivity index (χ2v) is 6.54. The van der Waals surface area contributed by atoms with Crippen LogP contribution in [0.25, 0.3) is 11.3 Å². The molecule has 2 aromatic carbocycles. The van der Waals surface area contributed by atoms with E-state index in [2.05, 4.69) is 15.6 Å². The minimum absolute atomic E-state index is 0.338. The van der Waals surface area contributed by atoms with Crippen LogP contribution in [0.4, 0.5) is 16.2 Å². The fourth-order valence-corrected chi connectivity index (χ4v) is 3.05. The largest absolute Gasteiger partial charge is 0.493 e. The van der Waals surface area contributed by atoms with Crippen LogP contribution < -0.4 is 20.1 Å². The van der Waals surface area contributed by atoms with Crippen molar-refractivity contribution >= 4 is 28.7 Å². The summed E-state index contributed by atoms with van der Waals surface area (Å²) in [7, 11) is 3.11. The average Bonchev–Trinajstić information content (AvgIpc) is 3.08. The molecule has 0 fully saturated rings. The Hall–Kier alpha value is -3.06. The van der Waals surface area contributed by atoms with Crippen LogP contribution in [-0.4, -0.2) is 25.2 Å². The number of nitrogens with one attached hydrogen (secondary N) is 2. The Labute approximate surface area is 155 Å². The van der Waals surface area contributed by atoms with E-state index >= 15 is 0 Å². The smallest absolute Gasteiger partial charge is 0.323 e. The van der Waals surface area contributed by atoms with E-state index in [0.29, 0.717) is 22.9 Å². The van der Waals surface area contributed by atoms with E-state index in [1.165, 1.54) is 0 Å². The third-order valence-electron chi connectivity index (χ3n) is 3.70. The molecule has 0 spiro atoms. The average molecular weight is 369 g/mol. The third-order valence-corrected chi connectivity index (χ3v) is 4.47. The fraction of sp³-hybridized carbons (Fsp3) is 0.158. The summed E-state index contributed by atoms with van der Waals surface area (Å²) in [5.74, 6) is 1.15. The number of hydrogen-bond donors (Lipinski definition) is 2. The lowest BCUT2D eigenvalue weighted by atomic mass is 10.1. The van der Waals surface area contributed by atoms with Gasteiger partial charge in [-0.05, 0) is 31.2 Å². The maximum absolute atomic E-state index is 12.2. The Bertz CT molecular complexity index is 907. The summed E-state index contributed by atoms with van der Waals surface area (Å²) < 4.78 is 10.4. The Morgan fingerprint density at radius 3 is 2.23 bits per heavy atom. The summed E-state index contributed by atoms with van der Waals surface area (Å²) in [6.45, 7) is 1.97. The number of nitrogens with zero attached hydrogens (tertiary/aromatic N) is 1. The van der Waals surface area contributed by atoms with Crippen molar-refractivity contribution in [2.45, 2.75) is 6.92 Å². The molecule has 0 atom stereocenters. The predicted octanol–water partition coefficient (Wildman–Crippen LogP) is 4.78. The second kappa shape index (κ2) is 7.88. The first-order valence-electron chi connectivity index (χ1n) is 7.91. The molecule has 2 amide bonds. The highest BCUT2D eigenvalue weighted by atomic mass is 32.1. The minimum Gasteiger partial charge on any atom is -0.493 e. The van der Waals surface area contributed by atoms with Crippen LogP contribution in [0.5, 0.6) is 11.5 Å². The number of carbonyl (C=O) groups excluding carboxylic acids is 1. The number of benzene rings is 2. The molecule has 0 unspecified atom stereocenters. The molecule has 0 radical (unpaired) electrons. The lowest BCUT2D eigenvalue weighted by Crippen LogP contribution is -2.19. The number of thiazole rings is 1. The number of aryl methyl sites for hydroxylation is 1. The standard InChI is InChI=1S/C19H19N3O3S/c1-12-20-16(11-26-12)13-4-6-14(7-5-13)21-19(23)22-15-8-9-17(24-2)18(10-15)25-3/h4-11H,1-3H3,(H2,21,22,23). The molecule has 0 aliphatic carbocycles. The van der Waals surface area contributed by atoms with Gasteiger partial charge in [0.15, 0.2) is 11.5 Å². The summed E-state index contributed by atoms with van der Waals surface area (Å²) in [6.07, 6.45) is 0.